The molecule has 0 unspecified atom stereocenters. The van der Waals surface area contributed by atoms with Crippen molar-refractivity contribution in [3.05, 3.63) is 72.8 Å². The Balaban J connectivity index is 1.82. The van der Waals surface area contributed by atoms with Gasteiger partial charge in [0.15, 0.2) is 0 Å². The molecule has 0 aliphatic heterocycles. The Morgan fingerprint density at radius 3 is 1.71 bits per heavy atom. The number of benzene rings is 3. The number of para-hydroxylation sites is 2. The third-order valence-corrected chi connectivity index (χ3v) is 5.25. The van der Waals surface area contributed by atoms with Crippen LogP contribution in [0.25, 0.3) is 27.5 Å². The van der Waals surface area contributed by atoms with Gasteiger partial charge in [-0.05, 0) is 0 Å². The summed E-state index contributed by atoms with van der Waals surface area (Å²) in [6.07, 6.45) is 0. The number of anilines is 1. The van der Waals surface area contributed by atoms with Gasteiger partial charge in [0, 0.05) is 0 Å². The summed E-state index contributed by atoms with van der Waals surface area (Å²) in [4.78, 5) is 1.91. The van der Waals surface area contributed by atoms with Crippen LogP contribution in [0.3, 0.4) is 0 Å². The van der Waals surface area contributed by atoms with Gasteiger partial charge in [-0.2, -0.15) is 0 Å². The van der Waals surface area contributed by atoms with Crippen molar-refractivity contribution in [2.24, 2.45) is 0 Å². The number of nitrogens with zero attached hydrogens (tertiary/aromatic N) is 2. The third kappa shape index (κ3) is 3.52. The van der Waals surface area contributed by atoms with Gasteiger partial charge < -0.3 is 0 Å². The predicted octanol–water partition coefficient (Wildman–Crippen LogP) is 6.09. The van der Waals surface area contributed by atoms with E-state index in [-0.39, 0.29) is 15.8 Å². The summed E-state index contributed by atoms with van der Waals surface area (Å²) in [5, 5.41) is 2.45. The summed E-state index contributed by atoms with van der Waals surface area (Å²) in [6.45, 7) is 0.727. The molecule has 1 aromatic heterocycles. The van der Waals surface area contributed by atoms with Gasteiger partial charge >= 0.3 is 165 Å². The van der Waals surface area contributed by atoms with E-state index >= 15 is 0 Å². The second-order valence-electron chi connectivity index (χ2n) is 6.24. The van der Waals surface area contributed by atoms with Gasteiger partial charge in [-0.15, -0.1) is 0 Å². The predicted molar refractivity (Wildman–Crippen MR) is 116 cm³/mol. The molecule has 4 rings (SSSR count). The molecule has 0 bridgehead atoms. The molecular formula is C22H16N2O2P2. The van der Waals surface area contributed by atoms with Crippen LogP contribution in [0.1, 0.15) is 0 Å². The van der Waals surface area contributed by atoms with Crippen LogP contribution in [0.5, 0.6) is 0 Å². The van der Waals surface area contributed by atoms with E-state index in [4.69, 9.17) is 0 Å². The molecule has 0 amide bonds. The molecular weight excluding hydrogens is 386 g/mol. The maximum absolute atomic E-state index is 10.7. The Bertz CT molecular complexity index is 1280. The van der Waals surface area contributed by atoms with Crippen LogP contribution in [0.4, 0.5) is 5.69 Å². The fourth-order valence-electron chi connectivity index (χ4n) is 3.48. The fourth-order valence-corrected chi connectivity index (χ4v) is 3.94. The first kappa shape index (κ1) is 18.6. The first-order valence-corrected chi connectivity index (χ1v) is 10.4. The topological polar surface area (TPSA) is 42.3 Å². The van der Waals surface area contributed by atoms with E-state index in [1.807, 2.05) is 17.0 Å². The number of hydrogen-bond acceptors (Lipinski definition) is 3. The Morgan fingerprint density at radius 1 is 0.714 bits per heavy atom. The summed E-state index contributed by atoms with van der Waals surface area (Å²) in [7, 11) is -0.288. The number of hydrogen-bond donors (Lipinski definition) is 0. The van der Waals surface area contributed by atoms with Crippen LogP contribution < -0.4 is 4.90 Å². The molecule has 6 heteroatoms. The summed E-state index contributed by atoms with van der Waals surface area (Å²) in [5.41, 5.74) is 9.78. The Labute approximate surface area is 165 Å². The average molecular weight is 402 g/mol. The molecule has 0 radical (unpaired) electrons. The molecule has 0 aliphatic rings. The minimum atomic E-state index is -0.144. The molecule has 4 nitrogen and oxygen atoms in total. The molecule has 28 heavy (non-hydrogen) atoms. The molecule has 3 aromatic carbocycles. The molecule has 1 heterocycles. The zero-order valence-corrected chi connectivity index (χ0v) is 16.7. The van der Waals surface area contributed by atoms with Crippen LogP contribution in [-0.2, 0) is 9.13 Å². The molecule has 0 aliphatic carbocycles. The van der Waals surface area contributed by atoms with Gasteiger partial charge in [0.1, 0.15) is 0 Å². The Hall–Kier alpha value is -2.72. The van der Waals surface area contributed by atoms with Gasteiger partial charge in [-0.1, -0.05) is 0 Å². The van der Waals surface area contributed by atoms with E-state index in [0.717, 1.165) is 22.4 Å². The SMILES string of the molecule is O=P#CCN(CC#P=O)c1ccc(-n2c3ccccc3c3ccccc32)cc1. The average Bonchev–Trinajstić information content (AvgIpc) is 3.09. The second kappa shape index (κ2) is 8.53. The van der Waals surface area contributed by atoms with E-state index in [1.165, 1.54) is 10.8 Å². The third-order valence-electron chi connectivity index (χ3n) is 4.71. The van der Waals surface area contributed by atoms with E-state index < -0.39 is 0 Å². The molecule has 0 spiro atoms. The second-order valence-corrected chi connectivity index (χ2v) is 7.24. The normalized spacial score (nSPS) is 10.4. The van der Waals surface area contributed by atoms with Crippen molar-refractivity contribution >= 4 is 43.3 Å². The van der Waals surface area contributed by atoms with Gasteiger partial charge in [-0.25, -0.2) is 0 Å². The van der Waals surface area contributed by atoms with Crippen LogP contribution in [-0.4, -0.2) is 17.7 Å². The fraction of sp³-hybridized carbons (Fsp3) is 0.0909. The minimum absolute atomic E-state index is 0.144. The van der Waals surface area contributed by atoms with E-state index in [1.54, 1.807) is 0 Å². The van der Waals surface area contributed by atoms with Crippen molar-refractivity contribution in [1.82, 2.24) is 4.57 Å². The summed E-state index contributed by atoms with van der Waals surface area (Å²) < 4.78 is 23.7. The maximum atomic E-state index is 10.7. The summed E-state index contributed by atoms with van der Waals surface area (Å²) in [6, 6.07) is 24.9. The Morgan fingerprint density at radius 2 is 1.21 bits per heavy atom. The van der Waals surface area contributed by atoms with Crippen LogP contribution in [0.2, 0.25) is 0 Å². The van der Waals surface area contributed by atoms with E-state index in [0.29, 0.717) is 13.1 Å². The summed E-state index contributed by atoms with van der Waals surface area (Å²) >= 11 is 0. The molecule has 4 aromatic rings. The van der Waals surface area contributed by atoms with Crippen molar-refractivity contribution in [3.63, 3.8) is 0 Å². The molecule has 0 atom stereocenters. The van der Waals surface area contributed by atoms with Crippen LogP contribution in [0.15, 0.2) is 72.8 Å². The molecule has 136 valence electrons. The zero-order chi connectivity index (χ0) is 19.3. The van der Waals surface area contributed by atoms with Crippen molar-refractivity contribution < 1.29 is 9.13 Å². The van der Waals surface area contributed by atoms with Crippen molar-refractivity contribution in [3.8, 4) is 16.9 Å². The van der Waals surface area contributed by atoms with Gasteiger partial charge in [0.05, 0.1) is 0 Å². The monoisotopic (exact) mass is 402 g/mol. The van der Waals surface area contributed by atoms with Crippen LogP contribution in [0, 0.1) is 11.3 Å². The van der Waals surface area contributed by atoms with Crippen molar-refractivity contribution in [2.75, 3.05) is 18.0 Å². The number of aromatic nitrogens is 1. The quantitative estimate of drug-likeness (QED) is 0.388. The molecule has 0 saturated carbocycles. The number of rotatable bonds is 4. The molecule has 0 N–H and O–H groups in total. The first-order valence-electron chi connectivity index (χ1n) is 8.77. The van der Waals surface area contributed by atoms with E-state index in [9.17, 15) is 9.13 Å². The summed E-state index contributed by atoms with van der Waals surface area (Å²) in [5.74, 6) is 0. The molecule has 0 fully saturated rings. The Kier molecular flexibility index (Phi) is 5.68. The van der Waals surface area contributed by atoms with Gasteiger partial charge in [0.2, 0.25) is 0 Å². The zero-order valence-electron chi connectivity index (χ0n) is 14.9. The molecule has 0 saturated heterocycles. The van der Waals surface area contributed by atoms with Gasteiger partial charge in [0.25, 0.3) is 0 Å². The number of fused-ring (bicyclic) bond motifs is 3. The van der Waals surface area contributed by atoms with E-state index in [2.05, 4.69) is 76.5 Å². The van der Waals surface area contributed by atoms with Crippen LogP contribution >= 0.6 is 15.8 Å². The van der Waals surface area contributed by atoms with Crippen molar-refractivity contribution in [1.29, 1.82) is 0 Å². The first-order chi connectivity index (χ1) is 13.8. The van der Waals surface area contributed by atoms with Gasteiger partial charge in [-0.3, -0.25) is 0 Å². The van der Waals surface area contributed by atoms with Crippen molar-refractivity contribution in [2.45, 2.75) is 0 Å². The standard InChI is InChI=1S/C22H16N2O2P2/c25-27-15-13-23(14-16-28-26)17-9-11-18(12-10-17)24-21-7-3-1-5-19(21)20-6-2-4-8-22(20)24/h1-12H,13-14H2.